The summed E-state index contributed by atoms with van der Waals surface area (Å²) in [6.07, 6.45) is 1.96. The number of carbonyl (C=O) groups excluding carboxylic acids is 1. The Bertz CT molecular complexity index is 484. The van der Waals surface area contributed by atoms with E-state index in [4.69, 9.17) is 5.26 Å². The quantitative estimate of drug-likeness (QED) is 0.832. The van der Waals surface area contributed by atoms with E-state index in [9.17, 15) is 4.79 Å². The minimum absolute atomic E-state index is 0.0314. The third-order valence-corrected chi connectivity index (χ3v) is 3.29. The summed E-state index contributed by atoms with van der Waals surface area (Å²) in [4.78, 5) is 12.1. The maximum atomic E-state index is 12.1. The highest BCUT2D eigenvalue weighted by Gasteiger charge is 2.21. The van der Waals surface area contributed by atoms with Crippen LogP contribution in [0.5, 0.6) is 0 Å². The molecule has 0 spiro atoms. The lowest BCUT2D eigenvalue weighted by molar-refractivity contribution is -0.120. The SMILES string of the molecule is Cc1ccc(C#N)cc1NC(=O)[C@H]1CCCNC1. The number of piperidine rings is 1. The maximum Gasteiger partial charge on any atom is 0.228 e. The fourth-order valence-electron chi connectivity index (χ4n) is 2.14. The van der Waals surface area contributed by atoms with E-state index >= 15 is 0 Å². The van der Waals surface area contributed by atoms with Gasteiger partial charge in [0.1, 0.15) is 0 Å². The van der Waals surface area contributed by atoms with Gasteiger partial charge in [0, 0.05) is 12.2 Å². The Hall–Kier alpha value is -1.86. The highest BCUT2D eigenvalue weighted by atomic mass is 16.1. The van der Waals surface area contributed by atoms with Crippen molar-refractivity contribution < 1.29 is 4.79 Å². The average molecular weight is 243 g/mol. The summed E-state index contributed by atoms with van der Waals surface area (Å²) in [5.74, 6) is 0.0734. The van der Waals surface area contributed by atoms with Crippen LogP contribution in [0.1, 0.15) is 24.0 Å². The molecular formula is C14H17N3O. The Morgan fingerprint density at radius 1 is 1.56 bits per heavy atom. The van der Waals surface area contributed by atoms with Crippen molar-refractivity contribution in [2.75, 3.05) is 18.4 Å². The third kappa shape index (κ3) is 2.88. The number of amides is 1. The van der Waals surface area contributed by atoms with Crippen molar-refractivity contribution in [1.29, 1.82) is 5.26 Å². The van der Waals surface area contributed by atoms with E-state index in [0.717, 1.165) is 37.2 Å². The largest absolute Gasteiger partial charge is 0.326 e. The Morgan fingerprint density at radius 3 is 3.06 bits per heavy atom. The number of rotatable bonds is 2. The number of carbonyl (C=O) groups is 1. The van der Waals surface area contributed by atoms with Crippen LogP contribution in [0.4, 0.5) is 5.69 Å². The van der Waals surface area contributed by atoms with Crippen molar-refractivity contribution in [3.63, 3.8) is 0 Å². The zero-order chi connectivity index (χ0) is 13.0. The standard InChI is InChI=1S/C14H17N3O/c1-10-4-5-11(8-15)7-13(10)17-14(18)12-3-2-6-16-9-12/h4-5,7,12,16H,2-3,6,9H2,1H3,(H,17,18)/t12-/m0/s1. The highest BCUT2D eigenvalue weighted by Crippen LogP contribution is 2.19. The summed E-state index contributed by atoms with van der Waals surface area (Å²) < 4.78 is 0. The van der Waals surface area contributed by atoms with Crippen molar-refractivity contribution in [2.24, 2.45) is 5.92 Å². The number of benzene rings is 1. The molecule has 1 atom stereocenters. The van der Waals surface area contributed by atoms with Crippen LogP contribution in [0.15, 0.2) is 18.2 Å². The van der Waals surface area contributed by atoms with E-state index < -0.39 is 0 Å². The van der Waals surface area contributed by atoms with Gasteiger partial charge in [0.15, 0.2) is 0 Å². The first-order chi connectivity index (χ1) is 8.70. The first-order valence-corrected chi connectivity index (χ1v) is 6.23. The molecule has 2 N–H and O–H groups in total. The van der Waals surface area contributed by atoms with Gasteiger partial charge in [-0.15, -0.1) is 0 Å². The number of nitrogens with zero attached hydrogens (tertiary/aromatic N) is 1. The lowest BCUT2D eigenvalue weighted by atomic mass is 9.98. The summed E-state index contributed by atoms with van der Waals surface area (Å²) in [6, 6.07) is 7.42. The summed E-state index contributed by atoms with van der Waals surface area (Å²) in [5, 5.41) is 15.0. The molecular weight excluding hydrogens is 226 g/mol. The fourth-order valence-corrected chi connectivity index (χ4v) is 2.14. The molecule has 0 saturated carbocycles. The van der Waals surface area contributed by atoms with Crippen molar-refractivity contribution in [1.82, 2.24) is 5.32 Å². The smallest absolute Gasteiger partial charge is 0.228 e. The molecule has 1 aromatic rings. The van der Waals surface area contributed by atoms with E-state index in [1.807, 2.05) is 13.0 Å². The molecule has 1 aliphatic rings. The first-order valence-electron chi connectivity index (χ1n) is 6.23. The molecule has 4 nitrogen and oxygen atoms in total. The molecule has 1 aliphatic heterocycles. The van der Waals surface area contributed by atoms with E-state index in [2.05, 4.69) is 16.7 Å². The molecule has 1 heterocycles. The normalized spacial score (nSPS) is 19.0. The van der Waals surface area contributed by atoms with E-state index in [-0.39, 0.29) is 11.8 Å². The van der Waals surface area contributed by atoms with Gasteiger partial charge < -0.3 is 10.6 Å². The molecule has 1 aromatic carbocycles. The van der Waals surface area contributed by atoms with E-state index in [1.165, 1.54) is 0 Å². The zero-order valence-corrected chi connectivity index (χ0v) is 10.5. The molecule has 18 heavy (non-hydrogen) atoms. The van der Waals surface area contributed by atoms with Crippen LogP contribution in [0.25, 0.3) is 0 Å². The second kappa shape index (κ2) is 5.65. The second-order valence-corrected chi connectivity index (χ2v) is 4.67. The molecule has 1 fully saturated rings. The van der Waals surface area contributed by atoms with Crippen LogP contribution in [0.3, 0.4) is 0 Å². The summed E-state index contributed by atoms with van der Waals surface area (Å²) in [7, 11) is 0. The molecule has 2 rings (SSSR count). The molecule has 1 amide bonds. The number of aryl methyl sites for hydroxylation is 1. The summed E-state index contributed by atoms with van der Waals surface area (Å²) >= 11 is 0. The topological polar surface area (TPSA) is 64.9 Å². The molecule has 0 radical (unpaired) electrons. The predicted molar refractivity (Wildman–Crippen MR) is 70.1 cm³/mol. The minimum Gasteiger partial charge on any atom is -0.326 e. The molecule has 1 saturated heterocycles. The predicted octanol–water partition coefficient (Wildman–Crippen LogP) is 1.80. The molecule has 0 unspecified atom stereocenters. The van der Waals surface area contributed by atoms with Gasteiger partial charge in [-0.05, 0) is 44.0 Å². The van der Waals surface area contributed by atoms with Gasteiger partial charge in [0.2, 0.25) is 5.91 Å². The third-order valence-electron chi connectivity index (χ3n) is 3.29. The monoisotopic (exact) mass is 243 g/mol. The van der Waals surface area contributed by atoms with Crippen molar-refractivity contribution in [2.45, 2.75) is 19.8 Å². The molecule has 0 bridgehead atoms. The van der Waals surface area contributed by atoms with Gasteiger partial charge in [-0.2, -0.15) is 5.26 Å². The lowest BCUT2D eigenvalue weighted by Gasteiger charge is -2.22. The molecule has 4 heteroatoms. The Morgan fingerprint density at radius 2 is 2.39 bits per heavy atom. The molecule has 0 aliphatic carbocycles. The second-order valence-electron chi connectivity index (χ2n) is 4.67. The first kappa shape index (κ1) is 12.6. The molecule has 0 aromatic heterocycles. The van der Waals surface area contributed by atoms with Gasteiger partial charge in [-0.1, -0.05) is 6.07 Å². The van der Waals surface area contributed by atoms with Crippen LogP contribution < -0.4 is 10.6 Å². The van der Waals surface area contributed by atoms with E-state index in [0.29, 0.717) is 5.56 Å². The lowest BCUT2D eigenvalue weighted by Crippen LogP contribution is -2.37. The van der Waals surface area contributed by atoms with Gasteiger partial charge >= 0.3 is 0 Å². The van der Waals surface area contributed by atoms with Crippen LogP contribution in [0.2, 0.25) is 0 Å². The minimum atomic E-state index is 0.0314. The van der Waals surface area contributed by atoms with Crippen molar-refractivity contribution in [3.8, 4) is 6.07 Å². The Kier molecular flexibility index (Phi) is 3.96. The van der Waals surface area contributed by atoms with Crippen LogP contribution in [-0.4, -0.2) is 19.0 Å². The molecule has 94 valence electrons. The van der Waals surface area contributed by atoms with Crippen molar-refractivity contribution >= 4 is 11.6 Å². The van der Waals surface area contributed by atoms with Gasteiger partial charge in [0.25, 0.3) is 0 Å². The Balaban J connectivity index is 2.08. The number of hydrogen-bond donors (Lipinski definition) is 2. The highest BCUT2D eigenvalue weighted by molar-refractivity contribution is 5.93. The van der Waals surface area contributed by atoms with Crippen LogP contribution >= 0.6 is 0 Å². The van der Waals surface area contributed by atoms with Gasteiger partial charge in [-0.25, -0.2) is 0 Å². The zero-order valence-electron chi connectivity index (χ0n) is 10.5. The van der Waals surface area contributed by atoms with Crippen LogP contribution in [-0.2, 0) is 4.79 Å². The number of anilines is 1. The number of nitriles is 1. The number of hydrogen-bond acceptors (Lipinski definition) is 3. The fraction of sp³-hybridized carbons (Fsp3) is 0.429. The van der Waals surface area contributed by atoms with E-state index in [1.54, 1.807) is 12.1 Å². The summed E-state index contributed by atoms with van der Waals surface area (Å²) in [6.45, 7) is 3.66. The van der Waals surface area contributed by atoms with Crippen LogP contribution in [0, 0.1) is 24.2 Å². The number of nitrogens with one attached hydrogen (secondary N) is 2. The Labute approximate surface area is 107 Å². The van der Waals surface area contributed by atoms with Crippen molar-refractivity contribution in [3.05, 3.63) is 29.3 Å². The summed E-state index contributed by atoms with van der Waals surface area (Å²) in [5.41, 5.74) is 2.29. The van der Waals surface area contributed by atoms with Gasteiger partial charge in [0.05, 0.1) is 17.6 Å². The van der Waals surface area contributed by atoms with Gasteiger partial charge in [-0.3, -0.25) is 4.79 Å². The maximum absolute atomic E-state index is 12.1. The average Bonchev–Trinajstić information content (AvgIpc) is 2.42.